The van der Waals surface area contributed by atoms with Crippen LogP contribution < -0.4 is 10.9 Å². The van der Waals surface area contributed by atoms with E-state index in [4.69, 9.17) is 16.6 Å². The molecule has 5 aromatic heterocycles. The molecule has 18 heteroatoms. The number of carbonyl (C=O) groups is 2. The van der Waals surface area contributed by atoms with Crippen molar-refractivity contribution in [2.75, 3.05) is 18.4 Å². The van der Waals surface area contributed by atoms with Gasteiger partial charge in [-0.3, -0.25) is 14.4 Å². The lowest BCUT2D eigenvalue weighted by atomic mass is 9.73. The third-order valence-electron chi connectivity index (χ3n) is 10.5. The Morgan fingerprint density at radius 1 is 1.11 bits per heavy atom. The van der Waals surface area contributed by atoms with Crippen molar-refractivity contribution in [3.8, 4) is 17.1 Å². The number of benzene rings is 1. The Morgan fingerprint density at radius 2 is 1.87 bits per heavy atom. The van der Waals surface area contributed by atoms with E-state index in [2.05, 4.69) is 25.4 Å². The van der Waals surface area contributed by atoms with Crippen molar-refractivity contribution in [3.63, 3.8) is 0 Å². The number of rotatable bonds is 5. The van der Waals surface area contributed by atoms with E-state index in [1.54, 1.807) is 22.6 Å². The van der Waals surface area contributed by atoms with Crippen molar-refractivity contribution in [2.45, 2.75) is 57.2 Å². The second kappa shape index (κ2) is 12.6. The van der Waals surface area contributed by atoms with E-state index in [1.165, 1.54) is 10.8 Å². The Hall–Kier alpha value is -5.84. The highest BCUT2D eigenvalue weighted by molar-refractivity contribution is 6.33. The van der Waals surface area contributed by atoms with Crippen LogP contribution in [-0.2, 0) is 30.0 Å². The number of aryl methyl sites for hydroxylation is 2. The van der Waals surface area contributed by atoms with Crippen molar-refractivity contribution in [2.24, 2.45) is 7.05 Å². The third kappa shape index (κ3) is 5.73. The molecule has 1 aliphatic carbocycles. The highest BCUT2D eigenvalue weighted by atomic mass is 35.5. The molecule has 1 spiro atoms. The highest BCUT2D eigenvalue weighted by Crippen LogP contribution is 2.50. The summed E-state index contributed by atoms with van der Waals surface area (Å²) in [6, 6.07) is 6.40. The molecule has 1 aromatic carbocycles. The predicted octanol–water partition coefficient (Wildman–Crippen LogP) is 5.24. The molecule has 0 radical (unpaired) electrons. The van der Waals surface area contributed by atoms with E-state index in [0.717, 1.165) is 29.2 Å². The molecule has 278 valence electrons. The van der Waals surface area contributed by atoms with E-state index in [-0.39, 0.29) is 65.0 Å². The third-order valence-corrected chi connectivity index (χ3v) is 10.8. The maximum Gasteiger partial charge on any atom is 0.416 e. The van der Waals surface area contributed by atoms with Gasteiger partial charge in [-0.25, -0.2) is 15.0 Å². The Bertz CT molecular complexity index is 2590. The quantitative estimate of drug-likeness (QED) is 0.239. The van der Waals surface area contributed by atoms with Gasteiger partial charge in [-0.2, -0.15) is 22.7 Å². The van der Waals surface area contributed by atoms with E-state index in [9.17, 15) is 32.7 Å². The number of nitrogens with one attached hydrogen (secondary N) is 1. The van der Waals surface area contributed by atoms with Gasteiger partial charge >= 0.3 is 6.18 Å². The van der Waals surface area contributed by atoms with Crippen molar-refractivity contribution < 1.29 is 27.9 Å². The zero-order valence-corrected chi connectivity index (χ0v) is 29.9. The zero-order chi connectivity index (χ0) is 38.3. The number of halogens is 4. The molecule has 54 heavy (non-hydrogen) atoms. The summed E-state index contributed by atoms with van der Waals surface area (Å²) in [6.07, 6.45) is 1.43. The summed E-state index contributed by atoms with van der Waals surface area (Å²) in [4.78, 5) is 60.6. The molecule has 1 fully saturated rings. The fourth-order valence-electron chi connectivity index (χ4n) is 7.92. The molecule has 6 aromatic rings. The first-order valence-electron chi connectivity index (χ1n) is 17.1. The standard InChI is InChI=1S/C36H32ClF3N10O4/c1-18-14-35(7-10-48(11-8-35)33(54)27-29(52)19(2)42-17-43-27)26-28(18)49(16-25(51)44-24-5-4-22(13-23(24)37)36(38,39)40)34-45-30(46-50(34)32(26)53)21-12-20-6-9-47(3)31(20)41-15-21/h4-6,9,12-13,15,17-18,52H,7-8,10-11,14,16H2,1-3H3,(H,44,51). The fraction of sp³-hybridized carbons (Fsp3) is 0.333. The number of amides is 2. The molecular weight excluding hydrogens is 729 g/mol. The first kappa shape index (κ1) is 35.2. The molecule has 8 rings (SSSR count). The normalized spacial score (nSPS) is 16.7. The van der Waals surface area contributed by atoms with E-state index >= 15 is 0 Å². The minimum absolute atomic E-state index is 0.0146. The minimum atomic E-state index is -4.62. The Labute approximate surface area is 309 Å². The number of anilines is 1. The van der Waals surface area contributed by atoms with Crippen molar-refractivity contribution in [1.29, 1.82) is 0 Å². The van der Waals surface area contributed by atoms with Crippen molar-refractivity contribution in [3.05, 3.63) is 92.6 Å². The smallest absolute Gasteiger partial charge is 0.416 e. The van der Waals surface area contributed by atoms with Gasteiger partial charge in [-0.05, 0) is 62.4 Å². The van der Waals surface area contributed by atoms with Crippen LogP contribution in [0.25, 0.3) is 28.2 Å². The SMILES string of the molecule is Cc1ncnc(C(=O)N2CCC3(CC2)CC(C)c2c3c(=O)n3nc(-c4cnc5c(ccn5C)c4)nc3n2CC(=O)Nc2ccc(C(F)(F)F)cc2Cl)c1O. The number of aromatic hydroxyl groups is 1. The van der Waals surface area contributed by atoms with Gasteiger partial charge in [0.05, 0.1) is 22.0 Å². The second-order valence-corrected chi connectivity index (χ2v) is 14.3. The molecule has 2 aliphatic rings. The summed E-state index contributed by atoms with van der Waals surface area (Å²) in [5.41, 5.74) is 0.452. The Balaban J connectivity index is 1.20. The molecule has 1 unspecified atom stereocenters. The first-order valence-corrected chi connectivity index (χ1v) is 17.4. The number of nitrogens with zero attached hydrogens (tertiary/aromatic N) is 9. The summed E-state index contributed by atoms with van der Waals surface area (Å²) >= 11 is 6.17. The van der Waals surface area contributed by atoms with Gasteiger partial charge in [0, 0.05) is 60.2 Å². The molecule has 1 saturated heterocycles. The average molecular weight is 761 g/mol. The van der Waals surface area contributed by atoms with Gasteiger partial charge < -0.3 is 24.5 Å². The van der Waals surface area contributed by atoms with E-state index in [0.29, 0.717) is 36.1 Å². The van der Waals surface area contributed by atoms with Gasteiger partial charge in [0.1, 0.15) is 18.5 Å². The number of carbonyl (C=O) groups excluding carboxylic acids is 2. The van der Waals surface area contributed by atoms with E-state index < -0.39 is 34.5 Å². The van der Waals surface area contributed by atoms with Gasteiger partial charge in [-0.1, -0.05) is 18.5 Å². The molecule has 1 aliphatic heterocycles. The summed E-state index contributed by atoms with van der Waals surface area (Å²) in [6.45, 7) is 3.70. The molecule has 2 N–H and O–H groups in total. The number of hydrogen-bond donors (Lipinski definition) is 2. The zero-order valence-electron chi connectivity index (χ0n) is 29.1. The van der Waals surface area contributed by atoms with Crippen LogP contribution in [-0.4, -0.2) is 73.6 Å². The lowest BCUT2D eigenvalue weighted by Gasteiger charge is -2.39. The topological polar surface area (TPSA) is 165 Å². The Kier molecular flexibility index (Phi) is 8.24. The van der Waals surface area contributed by atoms with Gasteiger partial charge in [0.15, 0.2) is 17.3 Å². The molecule has 1 atom stereocenters. The maximum absolute atomic E-state index is 14.6. The number of alkyl halides is 3. The van der Waals surface area contributed by atoms with Crippen LogP contribution in [0, 0.1) is 6.92 Å². The predicted molar refractivity (Wildman–Crippen MR) is 190 cm³/mol. The van der Waals surface area contributed by atoms with Crippen LogP contribution in [0.2, 0.25) is 5.02 Å². The lowest BCUT2D eigenvalue weighted by Crippen LogP contribution is -2.46. The first-order chi connectivity index (χ1) is 25.6. The Morgan fingerprint density at radius 3 is 2.59 bits per heavy atom. The molecule has 14 nitrogen and oxygen atoms in total. The van der Waals surface area contributed by atoms with Crippen LogP contribution in [0.3, 0.4) is 0 Å². The molecular formula is C36H32ClF3N10O4. The van der Waals surface area contributed by atoms with Crippen LogP contribution in [0.5, 0.6) is 5.75 Å². The molecule has 6 heterocycles. The number of hydrogen-bond acceptors (Lipinski definition) is 9. The largest absolute Gasteiger partial charge is 0.504 e. The fourth-order valence-corrected chi connectivity index (χ4v) is 8.14. The summed E-state index contributed by atoms with van der Waals surface area (Å²) < 4.78 is 44.5. The molecule has 2 amide bonds. The van der Waals surface area contributed by atoms with E-state index in [1.807, 2.05) is 36.9 Å². The van der Waals surface area contributed by atoms with Gasteiger partial charge in [0.2, 0.25) is 11.7 Å². The number of fused-ring (bicyclic) bond motifs is 4. The summed E-state index contributed by atoms with van der Waals surface area (Å²) in [5.74, 6) is -1.28. The highest BCUT2D eigenvalue weighted by Gasteiger charge is 2.49. The number of aromatic nitrogens is 8. The van der Waals surface area contributed by atoms with Gasteiger partial charge in [-0.15, -0.1) is 5.10 Å². The van der Waals surface area contributed by atoms with Crippen molar-refractivity contribution in [1.82, 2.24) is 43.6 Å². The van der Waals surface area contributed by atoms with Crippen LogP contribution in [0.1, 0.15) is 65.1 Å². The number of likely N-dealkylation sites (tertiary alicyclic amines) is 1. The molecule has 0 bridgehead atoms. The monoisotopic (exact) mass is 760 g/mol. The number of piperidine rings is 1. The van der Waals surface area contributed by atoms with Crippen LogP contribution in [0.4, 0.5) is 18.9 Å². The molecule has 0 saturated carbocycles. The van der Waals surface area contributed by atoms with Crippen LogP contribution in [0.15, 0.2) is 53.8 Å². The average Bonchev–Trinajstić information content (AvgIpc) is 3.82. The second-order valence-electron chi connectivity index (χ2n) is 13.9. The summed E-state index contributed by atoms with van der Waals surface area (Å²) in [7, 11) is 1.87. The number of pyridine rings is 1. The van der Waals surface area contributed by atoms with Crippen molar-refractivity contribution >= 4 is 45.9 Å². The lowest BCUT2D eigenvalue weighted by molar-refractivity contribution is -0.137. The van der Waals surface area contributed by atoms with Crippen LogP contribution >= 0.6 is 11.6 Å². The maximum atomic E-state index is 14.6. The van der Waals surface area contributed by atoms with Gasteiger partial charge in [0.25, 0.3) is 11.5 Å². The summed E-state index contributed by atoms with van der Waals surface area (Å²) in [5, 5.41) is 18.3. The minimum Gasteiger partial charge on any atom is -0.504 e.